The number of nitrogens with zero attached hydrogens (tertiary/aromatic N) is 1. The number of hydrogen-bond acceptors (Lipinski definition) is 5. The van der Waals surface area contributed by atoms with Crippen molar-refractivity contribution in [3.8, 4) is 11.5 Å². The van der Waals surface area contributed by atoms with Gasteiger partial charge in [-0.1, -0.05) is 48.5 Å². The van der Waals surface area contributed by atoms with Crippen LogP contribution in [0.15, 0.2) is 72.8 Å². The third-order valence-corrected chi connectivity index (χ3v) is 7.15. The molecule has 0 spiro atoms. The number of fused-ring (bicyclic) bond motifs is 1. The minimum atomic E-state index is -4.92. The maximum atomic E-state index is 13.4. The number of halogens is 3. The van der Waals surface area contributed by atoms with Crippen LogP contribution in [0.1, 0.15) is 41.1 Å². The van der Waals surface area contributed by atoms with Crippen LogP contribution in [-0.2, 0) is 17.8 Å². The Bertz CT molecular complexity index is 1230. The fraction of sp³-hybridized carbons (Fsp3) is 0.367. The van der Waals surface area contributed by atoms with Crippen molar-refractivity contribution in [3.05, 3.63) is 95.1 Å². The number of carbonyl (C=O) groups is 1. The fourth-order valence-corrected chi connectivity index (χ4v) is 5.14. The normalized spacial score (nSPS) is 19.7. The van der Waals surface area contributed by atoms with E-state index in [0.717, 1.165) is 36.3 Å². The first-order chi connectivity index (χ1) is 18.4. The van der Waals surface area contributed by atoms with E-state index in [9.17, 15) is 18.0 Å². The maximum Gasteiger partial charge on any atom is 0.451 e. The van der Waals surface area contributed by atoms with Crippen LogP contribution in [0.5, 0.6) is 11.5 Å². The molecular formula is C30H31F3N2O3. The first-order valence-electron chi connectivity index (χ1n) is 13.0. The van der Waals surface area contributed by atoms with Crippen LogP contribution in [0, 0.1) is 0 Å². The highest BCUT2D eigenvalue weighted by Crippen LogP contribution is 2.35. The molecule has 2 aliphatic heterocycles. The van der Waals surface area contributed by atoms with Crippen LogP contribution in [0.25, 0.3) is 0 Å². The molecule has 3 aromatic carbocycles. The van der Waals surface area contributed by atoms with Gasteiger partial charge in [-0.15, -0.1) is 0 Å². The molecular weight excluding hydrogens is 493 g/mol. The standard InChI is InChI=1S/C30H31F3N2O3/c31-30(32,33)29(36)27-19-23-18-25(38-20-21-6-2-1-3-7-21)12-13-26(23)28(34-27)22-8-10-24(11-9-22)37-17-16-35-14-4-5-15-35/h1-3,6-13,18,27-28,34H,4-5,14-17,19-20H2. The second kappa shape index (κ2) is 11.6. The van der Waals surface area contributed by atoms with E-state index in [-0.39, 0.29) is 6.42 Å². The first-order valence-corrected chi connectivity index (χ1v) is 13.0. The lowest BCUT2D eigenvalue weighted by atomic mass is 9.85. The molecule has 2 atom stereocenters. The summed E-state index contributed by atoms with van der Waals surface area (Å²) < 4.78 is 51.9. The van der Waals surface area contributed by atoms with Gasteiger partial charge in [0, 0.05) is 6.54 Å². The Hall–Kier alpha value is -3.36. The number of likely N-dealkylation sites (tertiary alicyclic amines) is 1. The predicted octanol–water partition coefficient (Wildman–Crippen LogP) is 5.48. The number of rotatable bonds is 9. The fourth-order valence-electron chi connectivity index (χ4n) is 5.14. The lowest BCUT2D eigenvalue weighted by molar-refractivity contribution is -0.173. The Kier molecular flexibility index (Phi) is 8.00. The molecule has 0 radical (unpaired) electrons. The molecule has 2 aliphatic rings. The summed E-state index contributed by atoms with van der Waals surface area (Å²) in [6.07, 6.45) is -2.54. The highest BCUT2D eigenvalue weighted by Gasteiger charge is 2.45. The Morgan fingerprint density at radius 1 is 0.921 bits per heavy atom. The molecule has 1 saturated heterocycles. The lowest BCUT2D eigenvalue weighted by Gasteiger charge is -2.33. The van der Waals surface area contributed by atoms with E-state index in [4.69, 9.17) is 9.47 Å². The van der Waals surface area contributed by atoms with Gasteiger partial charge in [-0.2, -0.15) is 13.2 Å². The molecule has 0 saturated carbocycles. The molecule has 1 N–H and O–H groups in total. The summed E-state index contributed by atoms with van der Waals surface area (Å²) in [4.78, 5) is 14.6. The van der Waals surface area contributed by atoms with E-state index in [1.165, 1.54) is 12.8 Å². The van der Waals surface area contributed by atoms with E-state index < -0.39 is 24.0 Å². The summed E-state index contributed by atoms with van der Waals surface area (Å²) in [7, 11) is 0. The third-order valence-electron chi connectivity index (χ3n) is 7.15. The van der Waals surface area contributed by atoms with E-state index in [2.05, 4.69) is 10.2 Å². The zero-order valence-electron chi connectivity index (χ0n) is 21.0. The van der Waals surface area contributed by atoms with Gasteiger partial charge in [-0.25, -0.2) is 0 Å². The second-order valence-corrected chi connectivity index (χ2v) is 9.82. The maximum absolute atomic E-state index is 13.4. The molecule has 38 heavy (non-hydrogen) atoms. The minimum Gasteiger partial charge on any atom is -0.492 e. The van der Waals surface area contributed by atoms with Gasteiger partial charge in [0.2, 0.25) is 0 Å². The van der Waals surface area contributed by atoms with Gasteiger partial charge < -0.3 is 9.47 Å². The van der Waals surface area contributed by atoms with Crippen molar-refractivity contribution in [2.24, 2.45) is 0 Å². The quantitative estimate of drug-likeness (QED) is 0.402. The highest BCUT2D eigenvalue weighted by molar-refractivity contribution is 5.89. The lowest BCUT2D eigenvalue weighted by Crippen LogP contribution is -2.49. The van der Waals surface area contributed by atoms with Crippen LogP contribution in [-0.4, -0.2) is 49.1 Å². The molecule has 2 unspecified atom stereocenters. The molecule has 200 valence electrons. The van der Waals surface area contributed by atoms with E-state index >= 15 is 0 Å². The molecule has 1 fully saturated rings. The van der Waals surface area contributed by atoms with E-state index in [1.54, 1.807) is 6.07 Å². The average Bonchev–Trinajstić information content (AvgIpc) is 3.45. The molecule has 0 amide bonds. The number of hydrogen-bond donors (Lipinski definition) is 1. The van der Waals surface area contributed by atoms with E-state index in [0.29, 0.717) is 30.3 Å². The second-order valence-electron chi connectivity index (χ2n) is 9.82. The smallest absolute Gasteiger partial charge is 0.451 e. The summed E-state index contributed by atoms with van der Waals surface area (Å²) in [6.45, 7) is 4.00. The van der Waals surface area contributed by atoms with Crippen molar-refractivity contribution in [2.45, 2.75) is 44.1 Å². The minimum absolute atomic E-state index is 0.0651. The molecule has 0 aliphatic carbocycles. The Morgan fingerprint density at radius 2 is 1.63 bits per heavy atom. The zero-order valence-corrected chi connectivity index (χ0v) is 21.0. The van der Waals surface area contributed by atoms with Gasteiger partial charge in [0.15, 0.2) is 0 Å². The Morgan fingerprint density at radius 3 is 2.34 bits per heavy atom. The van der Waals surface area contributed by atoms with Gasteiger partial charge in [0.1, 0.15) is 24.7 Å². The molecule has 5 rings (SSSR count). The third kappa shape index (κ3) is 6.37. The van der Waals surface area contributed by atoms with Gasteiger partial charge in [-0.05, 0) is 78.9 Å². The first kappa shape index (κ1) is 26.3. The summed E-state index contributed by atoms with van der Waals surface area (Å²) in [6, 6.07) is 20.4. The number of alkyl halides is 3. The summed E-state index contributed by atoms with van der Waals surface area (Å²) in [5, 5.41) is 2.95. The summed E-state index contributed by atoms with van der Waals surface area (Å²) in [5.41, 5.74) is 3.23. The number of Topliss-reactive ketones (excluding diaryl/α,β-unsaturated/α-hetero) is 1. The molecule has 5 nitrogen and oxygen atoms in total. The van der Waals surface area contributed by atoms with Crippen molar-refractivity contribution in [1.82, 2.24) is 10.2 Å². The molecule has 8 heteroatoms. The highest BCUT2D eigenvalue weighted by atomic mass is 19.4. The average molecular weight is 525 g/mol. The molecule has 2 heterocycles. The van der Waals surface area contributed by atoms with Crippen LogP contribution in [0.4, 0.5) is 13.2 Å². The van der Waals surface area contributed by atoms with Crippen molar-refractivity contribution in [2.75, 3.05) is 26.2 Å². The number of nitrogens with one attached hydrogen (secondary N) is 1. The van der Waals surface area contributed by atoms with Crippen molar-refractivity contribution in [1.29, 1.82) is 0 Å². The molecule has 0 bridgehead atoms. The van der Waals surface area contributed by atoms with Gasteiger partial charge >= 0.3 is 6.18 Å². The predicted molar refractivity (Wildman–Crippen MR) is 138 cm³/mol. The topological polar surface area (TPSA) is 50.8 Å². The molecule has 3 aromatic rings. The number of carbonyl (C=O) groups excluding carboxylic acids is 1. The van der Waals surface area contributed by atoms with Crippen molar-refractivity contribution < 1.29 is 27.4 Å². The zero-order chi connectivity index (χ0) is 26.5. The number of benzene rings is 3. The summed E-state index contributed by atoms with van der Waals surface area (Å²) in [5.74, 6) is -0.518. The van der Waals surface area contributed by atoms with Crippen molar-refractivity contribution >= 4 is 5.78 Å². The number of ether oxygens (including phenoxy) is 2. The van der Waals surface area contributed by atoms with Gasteiger partial charge in [0.05, 0.1) is 12.1 Å². The Balaban J connectivity index is 1.33. The monoisotopic (exact) mass is 524 g/mol. The largest absolute Gasteiger partial charge is 0.492 e. The number of ketones is 1. The van der Waals surface area contributed by atoms with Gasteiger partial charge in [-0.3, -0.25) is 15.0 Å². The Labute approximate surface area is 220 Å². The van der Waals surface area contributed by atoms with Crippen LogP contribution in [0.3, 0.4) is 0 Å². The van der Waals surface area contributed by atoms with E-state index in [1.807, 2.05) is 66.7 Å². The van der Waals surface area contributed by atoms with Crippen LogP contribution < -0.4 is 14.8 Å². The van der Waals surface area contributed by atoms with Crippen LogP contribution >= 0.6 is 0 Å². The van der Waals surface area contributed by atoms with Crippen LogP contribution in [0.2, 0.25) is 0 Å². The van der Waals surface area contributed by atoms with Gasteiger partial charge in [0.25, 0.3) is 5.78 Å². The van der Waals surface area contributed by atoms with Crippen molar-refractivity contribution in [3.63, 3.8) is 0 Å². The molecule has 0 aromatic heterocycles. The summed E-state index contributed by atoms with van der Waals surface area (Å²) >= 11 is 0. The SMILES string of the molecule is O=C(C1Cc2cc(OCc3ccccc3)ccc2C(c2ccc(OCCN3CCCC3)cc2)N1)C(F)(F)F.